The minimum Gasteiger partial charge on any atom is -0.377 e. The highest BCUT2D eigenvalue weighted by atomic mass is 16.5. The van der Waals surface area contributed by atoms with Crippen molar-refractivity contribution in [1.29, 1.82) is 0 Å². The van der Waals surface area contributed by atoms with E-state index in [1.165, 1.54) is 19.4 Å². The van der Waals surface area contributed by atoms with E-state index in [1.54, 1.807) is 0 Å². The van der Waals surface area contributed by atoms with E-state index < -0.39 is 0 Å². The van der Waals surface area contributed by atoms with Crippen molar-refractivity contribution in [1.82, 2.24) is 10.2 Å². The number of rotatable bonds is 6. The average Bonchev–Trinajstić information content (AvgIpc) is 2.32. The van der Waals surface area contributed by atoms with Gasteiger partial charge in [-0.1, -0.05) is 27.7 Å². The summed E-state index contributed by atoms with van der Waals surface area (Å²) in [7, 11) is 2.07. The van der Waals surface area contributed by atoms with Crippen LogP contribution in [-0.2, 0) is 4.74 Å². The summed E-state index contributed by atoms with van der Waals surface area (Å²) in [5.74, 6) is 0. The van der Waals surface area contributed by atoms with E-state index in [1.807, 2.05) is 0 Å². The second-order valence-corrected chi connectivity index (χ2v) is 6.60. The molecule has 1 rings (SSSR count). The lowest BCUT2D eigenvalue weighted by atomic mass is 9.86. The Morgan fingerprint density at radius 2 is 2.11 bits per heavy atom. The van der Waals surface area contributed by atoms with Gasteiger partial charge in [0.15, 0.2) is 0 Å². The van der Waals surface area contributed by atoms with Gasteiger partial charge in [-0.3, -0.25) is 4.90 Å². The predicted octanol–water partition coefficient (Wildman–Crippen LogP) is 2.51. The van der Waals surface area contributed by atoms with E-state index in [0.717, 1.165) is 26.1 Å². The van der Waals surface area contributed by atoms with Gasteiger partial charge in [0.05, 0.1) is 6.10 Å². The number of likely N-dealkylation sites (tertiary alicyclic amines) is 1. The first-order valence-electron chi connectivity index (χ1n) is 7.48. The molecule has 1 heterocycles. The van der Waals surface area contributed by atoms with Crippen LogP contribution in [0.3, 0.4) is 0 Å². The molecule has 1 aliphatic heterocycles. The molecule has 1 aliphatic rings. The maximum Gasteiger partial charge on any atom is 0.0702 e. The van der Waals surface area contributed by atoms with E-state index in [0.29, 0.717) is 17.6 Å². The zero-order valence-electron chi connectivity index (χ0n) is 13.0. The number of hydrogen-bond donors (Lipinski definition) is 1. The average molecular weight is 256 g/mol. The molecule has 1 N–H and O–H groups in total. The number of likely N-dealkylation sites (N-methyl/N-ethyl adjacent to an activating group) is 1. The van der Waals surface area contributed by atoms with Crippen LogP contribution in [0.2, 0.25) is 0 Å². The van der Waals surface area contributed by atoms with Crippen molar-refractivity contribution in [3.63, 3.8) is 0 Å². The molecular weight excluding hydrogens is 224 g/mol. The van der Waals surface area contributed by atoms with Gasteiger partial charge in [-0.2, -0.15) is 0 Å². The molecule has 3 nitrogen and oxygen atoms in total. The summed E-state index contributed by atoms with van der Waals surface area (Å²) in [5, 5.41) is 3.46. The molecule has 1 fully saturated rings. The number of nitrogens with zero attached hydrogens (tertiary/aromatic N) is 1. The predicted molar refractivity (Wildman–Crippen MR) is 78.0 cm³/mol. The second-order valence-electron chi connectivity index (χ2n) is 6.60. The summed E-state index contributed by atoms with van der Waals surface area (Å²) in [5.41, 5.74) is 0.311. The summed E-state index contributed by atoms with van der Waals surface area (Å²) in [4.78, 5) is 2.57. The first-order valence-corrected chi connectivity index (χ1v) is 7.48. The van der Waals surface area contributed by atoms with Crippen molar-refractivity contribution < 1.29 is 4.74 Å². The third-order valence-corrected chi connectivity index (χ3v) is 3.85. The Morgan fingerprint density at radius 3 is 2.67 bits per heavy atom. The smallest absolute Gasteiger partial charge is 0.0702 e. The van der Waals surface area contributed by atoms with Crippen molar-refractivity contribution in [2.75, 3.05) is 33.3 Å². The van der Waals surface area contributed by atoms with Gasteiger partial charge in [0, 0.05) is 25.7 Å². The summed E-state index contributed by atoms with van der Waals surface area (Å²) in [6, 6.07) is 0.544. The van der Waals surface area contributed by atoms with Gasteiger partial charge in [-0.25, -0.2) is 0 Å². The Morgan fingerprint density at radius 1 is 1.39 bits per heavy atom. The molecule has 0 amide bonds. The molecule has 2 unspecified atom stereocenters. The quantitative estimate of drug-likeness (QED) is 0.790. The molecular formula is C15H32N2O. The van der Waals surface area contributed by atoms with Crippen molar-refractivity contribution in [3.8, 4) is 0 Å². The minimum atomic E-state index is 0.311. The van der Waals surface area contributed by atoms with Gasteiger partial charge in [0.25, 0.3) is 0 Å². The maximum absolute atomic E-state index is 5.90. The summed E-state index contributed by atoms with van der Waals surface area (Å²) >= 11 is 0. The van der Waals surface area contributed by atoms with Gasteiger partial charge in [0.2, 0.25) is 0 Å². The Labute approximate surface area is 113 Å². The number of nitrogens with one attached hydrogen (secondary N) is 1. The summed E-state index contributed by atoms with van der Waals surface area (Å²) in [6.45, 7) is 13.5. The Balaban J connectivity index is 2.41. The first-order chi connectivity index (χ1) is 8.47. The fourth-order valence-corrected chi connectivity index (χ4v) is 2.66. The third kappa shape index (κ3) is 5.25. The fourth-order valence-electron chi connectivity index (χ4n) is 2.66. The Hall–Kier alpha value is -0.120. The molecule has 0 aromatic carbocycles. The standard InChI is InChI=1S/C15H32N2O/c1-6-10-18-13-8-7-9-17(11-13)12-14(16-5)15(2,3)4/h13-14,16H,6-12H2,1-5H3. The van der Waals surface area contributed by atoms with E-state index in [9.17, 15) is 0 Å². The van der Waals surface area contributed by atoms with Gasteiger partial charge in [-0.05, 0) is 38.3 Å². The summed E-state index contributed by atoms with van der Waals surface area (Å²) in [6.07, 6.45) is 4.08. The fraction of sp³-hybridized carbons (Fsp3) is 1.00. The van der Waals surface area contributed by atoms with Gasteiger partial charge < -0.3 is 10.1 Å². The van der Waals surface area contributed by atoms with Crippen LogP contribution in [0.25, 0.3) is 0 Å². The monoisotopic (exact) mass is 256 g/mol. The highest BCUT2D eigenvalue weighted by Gasteiger charge is 2.28. The zero-order valence-corrected chi connectivity index (χ0v) is 13.0. The van der Waals surface area contributed by atoms with Gasteiger partial charge in [-0.15, -0.1) is 0 Å². The Kier molecular flexibility index (Phi) is 6.61. The lowest BCUT2D eigenvalue weighted by Crippen LogP contribution is -2.50. The molecule has 0 saturated carbocycles. The molecule has 1 saturated heterocycles. The molecule has 0 aromatic heterocycles. The number of ether oxygens (including phenoxy) is 1. The molecule has 2 atom stereocenters. The summed E-state index contributed by atoms with van der Waals surface area (Å²) < 4.78 is 5.90. The van der Waals surface area contributed by atoms with Gasteiger partial charge >= 0.3 is 0 Å². The highest BCUT2D eigenvalue weighted by Crippen LogP contribution is 2.22. The molecule has 18 heavy (non-hydrogen) atoms. The van der Waals surface area contributed by atoms with E-state index in [-0.39, 0.29) is 0 Å². The van der Waals surface area contributed by atoms with E-state index in [2.05, 4.69) is 45.0 Å². The normalized spacial score (nSPS) is 24.2. The number of hydrogen-bond acceptors (Lipinski definition) is 3. The lowest BCUT2D eigenvalue weighted by molar-refractivity contribution is -0.00549. The highest BCUT2D eigenvalue weighted by molar-refractivity contribution is 4.84. The van der Waals surface area contributed by atoms with Crippen molar-refractivity contribution in [3.05, 3.63) is 0 Å². The maximum atomic E-state index is 5.90. The van der Waals surface area contributed by atoms with Crippen LogP contribution in [0.5, 0.6) is 0 Å². The molecule has 3 heteroatoms. The second kappa shape index (κ2) is 7.46. The number of piperidine rings is 1. The Bertz CT molecular complexity index is 225. The van der Waals surface area contributed by atoms with Crippen LogP contribution in [-0.4, -0.2) is 50.3 Å². The third-order valence-electron chi connectivity index (χ3n) is 3.85. The molecule has 0 aliphatic carbocycles. The molecule has 108 valence electrons. The van der Waals surface area contributed by atoms with Crippen LogP contribution < -0.4 is 5.32 Å². The van der Waals surface area contributed by atoms with Crippen molar-refractivity contribution >= 4 is 0 Å². The van der Waals surface area contributed by atoms with Crippen LogP contribution in [0.1, 0.15) is 47.0 Å². The van der Waals surface area contributed by atoms with Crippen LogP contribution in [0.4, 0.5) is 0 Å². The van der Waals surface area contributed by atoms with E-state index >= 15 is 0 Å². The molecule has 0 radical (unpaired) electrons. The van der Waals surface area contributed by atoms with Crippen molar-refractivity contribution in [2.45, 2.75) is 59.1 Å². The van der Waals surface area contributed by atoms with Crippen molar-refractivity contribution in [2.24, 2.45) is 5.41 Å². The van der Waals surface area contributed by atoms with Crippen LogP contribution >= 0.6 is 0 Å². The molecule has 0 aromatic rings. The van der Waals surface area contributed by atoms with E-state index in [4.69, 9.17) is 4.74 Å². The minimum absolute atomic E-state index is 0.311. The SMILES string of the molecule is CCCOC1CCCN(CC(NC)C(C)(C)C)C1. The lowest BCUT2D eigenvalue weighted by Gasteiger charge is -2.39. The molecule has 0 spiro atoms. The largest absolute Gasteiger partial charge is 0.377 e. The van der Waals surface area contributed by atoms with Crippen LogP contribution in [0.15, 0.2) is 0 Å². The topological polar surface area (TPSA) is 24.5 Å². The van der Waals surface area contributed by atoms with Crippen LogP contribution in [0, 0.1) is 5.41 Å². The molecule has 0 bridgehead atoms. The first kappa shape index (κ1) is 15.9. The van der Waals surface area contributed by atoms with Gasteiger partial charge in [0.1, 0.15) is 0 Å². The zero-order chi connectivity index (χ0) is 13.6.